The Bertz CT molecular complexity index is 782. The monoisotopic (exact) mass is 415 g/mol. The molecule has 0 fully saturated rings. The number of thioether (sulfide) groups is 1. The molecule has 4 nitrogen and oxygen atoms in total. The van der Waals surface area contributed by atoms with E-state index >= 15 is 0 Å². The Morgan fingerprint density at radius 2 is 1.69 bits per heavy atom. The number of carbonyl (C=O) groups excluding carboxylic acids is 2. The molecule has 29 heavy (non-hydrogen) atoms. The van der Waals surface area contributed by atoms with Gasteiger partial charge in [0.2, 0.25) is 11.6 Å². The number of ketones is 2. The fourth-order valence-corrected chi connectivity index (χ4v) is 5.65. The average molecular weight is 416 g/mol. The molecule has 1 aliphatic carbocycles. The molecule has 0 spiro atoms. The summed E-state index contributed by atoms with van der Waals surface area (Å²) in [6.45, 7) is 7.54. The van der Waals surface area contributed by atoms with Gasteiger partial charge in [-0.15, -0.1) is 11.8 Å². The lowest BCUT2D eigenvalue weighted by Gasteiger charge is -2.41. The highest BCUT2D eigenvalue weighted by molar-refractivity contribution is 8.04. The first-order valence-corrected chi connectivity index (χ1v) is 12.0. The van der Waals surface area contributed by atoms with Gasteiger partial charge in [0.15, 0.2) is 0 Å². The second-order valence-electron chi connectivity index (χ2n) is 8.16. The van der Waals surface area contributed by atoms with Gasteiger partial charge in [-0.1, -0.05) is 64.3 Å². The molecule has 5 heteroatoms. The van der Waals surface area contributed by atoms with E-state index in [1.807, 2.05) is 12.1 Å². The highest BCUT2D eigenvalue weighted by atomic mass is 32.2. The van der Waals surface area contributed by atoms with Crippen LogP contribution in [0.25, 0.3) is 5.76 Å². The Hall–Kier alpha value is -1.59. The van der Waals surface area contributed by atoms with Crippen LogP contribution in [0, 0.1) is 0 Å². The zero-order valence-electron chi connectivity index (χ0n) is 17.9. The Labute approximate surface area is 178 Å². The minimum Gasteiger partial charge on any atom is -0.484 e. The van der Waals surface area contributed by atoms with Crippen molar-refractivity contribution in [2.75, 3.05) is 12.3 Å². The highest BCUT2D eigenvalue weighted by Crippen LogP contribution is 2.46. The molecular formula is C24H33NO3S. The number of nitrogens with one attached hydrogen (secondary N) is 1. The molecule has 1 heterocycles. The van der Waals surface area contributed by atoms with E-state index in [-0.39, 0.29) is 5.60 Å². The van der Waals surface area contributed by atoms with E-state index in [2.05, 4.69) is 26.1 Å². The van der Waals surface area contributed by atoms with Crippen molar-refractivity contribution in [2.45, 2.75) is 77.4 Å². The van der Waals surface area contributed by atoms with Crippen molar-refractivity contribution in [3.8, 4) is 0 Å². The number of hydrogen-bond acceptors (Lipinski definition) is 5. The Morgan fingerprint density at radius 3 is 2.34 bits per heavy atom. The third-order valence-corrected chi connectivity index (χ3v) is 7.16. The van der Waals surface area contributed by atoms with Crippen LogP contribution in [0.1, 0.15) is 81.6 Å². The fraction of sp³-hybridized carbons (Fsp3) is 0.583. The number of Topliss-reactive ketones (excluding diaryl/α,β-unsaturated/α-hetero) is 2. The van der Waals surface area contributed by atoms with Gasteiger partial charge in [0.05, 0.1) is 0 Å². The van der Waals surface area contributed by atoms with Gasteiger partial charge in [0.25, 0.3) is 0 Å². The van der Waals surface area contributed by atoms with Gasteiger partial charge < -0.3 is 10.1 Å². The number of fused-ring (bicyclic) bond motifs is 2. The number of hydrogen-bond donors (Lipinski definition) is 1. The number of rotatable bonds is 10. The van der Waals surface area contributed by atoms with Crippen molar-refractivity contribution >= 4 is 29.1 Å². The van der Waals surface area contributed by atoms with Crippen molar-refractivity contribution in [3.63, 3.8) is 0 Å². The Morgan fingerprint density at radius 1 is 1.00 bits per heavy atom. The maximum Gasteiger partial charge on any atom is 0.243 e. The topological polar surface area (TPSA) is 55.4 Å². The molecular weight excluding hydrogens is 382 g/mol. The summed E-state index contributed by atoms with van der Waals surface area (Å²) in [5.74, 6) is 0.503. The molecule has 1 atom stereocenters. The van der Waals surface area contributed by atoms with Crippen LogP contribution >= 0.6 is 11.8 Å². The molecule has 3 rings (SSSR count). The van der Waals surface area contributed by atoms with Gasteiger partial charge in [-0.2, -0.15) is 0 Å². The van der Waals surface area contributed by atoms with Crippen LogP contribution in [-0.4, -0.2) is 35.5 Å². The SMILES string of the molecule is CCCC(CCC)NCCC1(CCC)CSC2=C(O1)c1ccccc1C(=O)C2=O. The van der Waals surface area contributed by atoms with Crippen molar-refractivity contribution in [2.24, 2.45) is 0 Å². The van der Waals surface area contributed by atoms with Crippen LogP contribution < -0.4 is 5.32 Å². The van der Waals surface area contributed by atoms with Crippen LogP contribution in [0.5, 0.6) is 0 Å². The first kappa shape index (κ1) is 22.1. The van der Waals surface area contributed by atoms with Gasteiger partial charge >= 0.3 is 0 Å². The highest BCUT2D eigenvalue weighted by Gasteiger charge is 2.43. The Kier molecular flexibility index (Phi) is 7.58. The van der Waals surface area contributed by atoms with Crippen LogP contribution in [0.4, 0.5) is 0 Å². The molecule has 0 radical (unpaired) electrons. The first-order valence-electron chi connectivity index (χ1n) is 11.0. The number of allylic oxidation sites excluding steroid dienone is 1. The van der Waals surface area contributed by atoms with E-state index in [4.69, 9.17) is 4.74 Å². The van der Waals surface area contributed by atoms with Crippen molar-refractivity contribution < 1.29 is 14.3 Å². The summed E-state index contributed by atoms with van der Waals surface area (Å²) >= 11 is 1.51. The van der Waals surface area contributed by atoms with Gasteiger partial charge in [-0.3, -0.25) is 9.59 Å². The van der Waals surface area contributed by atoms with Crippen LogP contribution in [0.15, 0.2) is 29.2 Å². The van der Waals surface area contributed by atoms with Crippen molar-refractivity contribution in [1.29, 1.82) is 0 Å². The summed E-state index contributed by atoms with van der Waals surface area (Å²) in [4.78, 5) is 25.6. The molecule has 0 bridgehead atoms. The summed E-state index contributed by atoms with van der Waals surface area (Å²) in [5, 5.41) is 3.73. The molecule has 2 aliphatic rings. The first-order chi connectivity index (χ1) is 14.0. The third-order valence-electron chi connectivity index (χ3n) is 5.83. The largest absolute Gasteiger partial charge is 0.484 e. The molecule has 0 amide bonds. The minimum atomic E-state index is -0.419. The number of ether oxygens (including phenoxy) is 1. The molecule has 158 valence electrons. The third kappa shape index (κ3) is 4.77. The normalized spacial score (nSPS) is 21.2. The molecule has 1 unspecified atom stereocenters. The Balaban J connectivity index is 1.79. The summed E-state index contributed by atoms with van der Waals surface area (Å²) in [5.41, 5.74) is 0.929. The summed E-state index contributed by atoms with van der Waals surface area (Å²) in [7, 11) is 0. The lowest BCUT2D eigenvalue weighted by atomic mass is 9.91. The molecule has 1 aromatic rings. The molecule has 0 saturated carbocycles. The fourth-order valence-electron chi connectivity index (χ4n) is 4.39. The summed E-state index contributed by atoms with van der Waals surface area (Å²) in [6.07, 6.45) is 7.63. The standard InChI is InChI=1S/C24H33NO3S/c1-4-9-17(10-5-2)25-15-14-24(13-6-3)16-29-23-21(27)20(26)18-11-7-8-12-19(18)22(23)28-24/h7-8,11-12,17,25H,4-6,9-10,13-16H2,1-3H3. The van der Waals surface area contributed by atoms with Gasteiger partial charge in [0.1, 0.15) is 16.3 Å². The van der Waals surface area contributed by atoms with E-state index in [1.165, 1.54) is 37.4 Å². The van der Waals surface area contributed by atoms with Gasteiger partial charge in [-0.05, 0) is 25.8 Å². The zero-order chi connectivity index (χ0) is 20.9. The van der Waals surface area contributed by atoms with E-state index in [9.17, 15) is 9.59 Å². The van der Waals surface area contributed by atoms with Crippen molar-refractivity contribution in [3.05, 3.63) is 40.3 Å². The maximum absolute atomic E-state index is 12.6. The predicted octanol–water partition coefficient (Wildman–Crippen LogP) is 5.37. The average Bonchev–Trinajstić information content (AvgIpc) is 2.72. The van der Waals surface area contributed by atoms with Gasteiger partial charge in [0, 0.05) is 29.3 Å². The number of carbonyl (C=O) groups is 2. The van der Waals surface area contributed by atoms with E-state index in [1.54, 1.807) is 12.1 Å². The molecule has 0 aromatic heterocycles. The molecule has 1 N–H and O–H groups in total. The minimum absolute atomic E-state index is 0.304. The second-order valence-corrected chi connectivity index (χ2v) is 9.15. The zero-order valence-corrected chi connectivity index (χ0v) is 18.7. The van der Waals surface area contributed by atoms with E-state index < -0.39 is 11.6 Å². The smallest absolute Gasteiger partial charge is 0.243 e. The lowest BCUT2D eigenvalue weighted by Crippen LogP contribution is -2.43. The predicted molar refractivity (Wildman–Crippen MR) is 120 cm³/mol. The lowest BCUT2D eigenvalue weighted by molar-refractivity contribution is -0.111. The number of benzene rings is 1. The summed E-state index contributed by atoms with van der Waals surface area (Å²) < 4.78 is 6.61. The van der Waals surface area contributed by atoms with E-state index in [0.29, 0.717) is 22.3 Å². The maximum atomic E-state index is 12.6. The van der Waals surface area contributed by atoms with Crippen LogP contribution in [0.3, 0.4) is 0 Å². The van der Waals surface area contributed by atoms with Gasteiger partial charge in [-0.25, -0.2) is 0 Å². The molecule has 1 aliphatic heterocycles. The summed E-state index contributed by atoms with van der Waals surface area (Å²) in [6, 6.07) is 7.89. The quantitative estimate of drug-likeness (QED) is 0.521. The van der Waals surface area contributed by atoms with E-state index in [0.717, 1.165) is 37.1 Å². The second kappa shape index (κ2) is 9.94. The van der Waals surface area contributed by atoms with Crippen LogP contribution in [-0.2, 0) is 9.53 Å². The van der Waals surface area contributed by atoms with Crippen molar-refractivity contribution in [1.82, 2.24) is 5.32 Å². The molecule has 1 aromatic carbocycles. The molecule has 0 saturated heterocycles. The van der Waals surface area contributed by atoms with Crippen LogP contribution in [0.2, 0.25) is 0 Å².